The first-order chi connectivity index (χ1) is 11.3. The number of guanidine groups is 1. The minimum Gasteiger partial charge on any atom is -0.356 e. The maximum atomic E-state index is 4.27. The SMILES string of the molecule is CN=C(NCCCn1ccnc1)NCC(C)Sc1ccccc1. The van der Waals surface area contributed by atoms with Crippen molar-refractivity contribution >= 4 is 17.7 Å². The zero-order chi connectivity index (χ0) is 16.3. The Hall–Kier alpha value is -1.95. The molecule has 2 aromatic rings. The molecule has 0 aliphatic carbocycles. The second-order valence-electron chi connectivity index (χ2n) is 5.28. The summed E-state index contributed by atoms with van der Waals surface area (Å²) in [5, 5.41) is 7.20. The third-order valence-corrected chi connectivity index (χ3v) is 4.42. The molecule has 124 valence electrons. The quantitative estimate of drug-likeness (QED) is 0.338. The summed E-state index contributed by atoms with van der Waals surface area (Å²) in [5.41, 5.74) is 0. The van der Waals surface area contributed by atoms with Gasteiger partial charge in [0.1, 0.15) is 0 Å². The van der Waals surface area contributed by atoms with E-state index in [1.807, 2.05) is 30.4 Å². The predicted molar refractivity (Wildman–Crippen MR) is 98.0 cm³/mol. The van der Waals surface area contributed by atoms with Gasteiger partial charge in [0, 0.05) is 49.2 Å². The summed E-state index contributed by atoms with van der Waals surface area (Å²) in [7, 11) is 1.81. The third kappa shape index (κ3) is 6.78. The highest BCUT2D eigenvalue weighted by atomic mass is 32.2. The van der Waals surface area contributed by atoms with E-state index >= 15 is 0 Å². The number of rotatable bonds is 8. The van der Waals surface area contributed by atoms with Gasteiger partial charge in [-0.05, 0) is 18.6 Å². The second kappa shape index (κ2) is 9.94. The van der Waals surface area contributed by atoms with E-state index in [4.69, 9.17) is 0 Å². The van der Waals surface area contributed by atoms with Gasteiger partial charge in [0.15, 0.2) is 5.96 Å². The number of aryl methyl sites for hydroxylation is 1. The fraction of sp³-hybridized carbons (Fsp3) is 0.412. The lowest BCUT2D eigenvalue weighted by atomic mass is 10.4. The van der Waals surface area contributed by atoms with Gasteiger partial charge < -0.3 is 15.2 Å². The molecule has 0 bridgehead atoms. The van der Waals surface area contributed by atoms with Crippen LogP contribution < -0.4 is 10.6 Å². The van der Waals surface area contributed by atoms with E-state index < -0.39 is 0 Å². The van der Waals surface area contributed by atoms with Gasteiger partial charge in [0.25, 0.3) is 0 Å². The molecule has 0 saturated carbocycles. The van der Waals surface area contributed by atoms with Crippen molar-refractivity contribution in [3.05, 3.63) is 49.1 Å². The first-order valence-corrected chi connectivity index (χ1v) is 8.78. The molecular formula is C17H25N5S. The molecule has 0 spiro atoms. The van der Waals surface area contributed by atoms with Crippen molar-refractivity contribution in [2.75, 3.05) is 20.1 Å². The molecule has 23 heavy (non-hydrogen) atoms. The lowest BCUT2D eigenvalue weighted by molar-refractivity contribution is 0.624. The Kier molecular flexibility index (Phi) is 7.52. The van der Waals surface area contributed by atoms with E-state index in [1.165, 1.54) is 4.90 Å². The normalized spacial score (nSPS) is 12.9. The van der Waals surface area contributed by atoms with Gasteiger partial charge in [-0.15, -0.1) is 11.8 Å². The number of hydrogen-bond donors (Lipinski definition) is 2. The fourth-order valence-corrected chi connectivity index (χ4v) is 3.07. The Morgan fingerprint density at radius 2 is 2.13 bits per heavy atom. The first-order valence-electron chi connectivity index (χ1n) is 7.90. The van der Waals surface area contributed by atoms with Crippen molar-refractivity contribution in [3.63, 3.8) is 0 Å². The maximum Gasteiger partial charge on any atom is 0.191 e. The molecular weight excluding hydrogens is 306 g/mol. The zero-order valence-electron chi connectivity index (χ0n) is 13.8. The standard InChI is InChI=1S/C17H25N5S/c1-15(23-16-7-4-3-5-8-16)13-21-17(18-2)20-9-6-11-22-12-10-19-14-22/h3-5,7-8,10,12,14-15H,6,9,11,13H2,1-2H3,(H2,18,20,21). The first kappa shape index (κ1) is 17.4. The van der Waals surface area contributed by atoms with Crippen LogP contribution in [0.4, 0.5) is 0 Å². The van der Waals surface area contributed by atoms with Crippen LogP contribution in [0.2, 0.25) is 0 Å². The number of imidazole rings is 1. The lowest BCUT2D eigenvalue weighted by Crippen LogP contribution is -2.40. The second-order valence-corrected chi connectivity index (χ2v) is 6.79. The molecule has 0 saturated heterocycles. The highest BCUT2D eigenvalue weighted by Crippen LogP contribution is 2.21. The van der Waals surface area contributed by atoms with Crippen molar-refractivity contribution in [1.82, 2.24) is 20.2 Å². The smallest absolute Gasteiger partial charge is 0.191 e. The lowest BCUT2D eigenvalue weighted by Gasteiger charge is -2.16. The number of thioether (sulfide) groups is 1. The van der Waals surface area contributed by atoms with Crippen LogP contribution in [0.1, 0.15) is 13.3 Å². The molecule has 0 radical (unpaired) electrons. The van der Waals surface area contributed by atoms with Crippen molar-refractivity contribution in [3.8, 4) is 0 Å². The highest BCUT2D eigenvalue weighted by Gasteiger charge is 2.05. The van der Waals surface area contributed by atoms with Crippen LogP contribution in [-0.2, 0) is 6.54 Å². The minimum atomic E-state index is 0.474. The molecule has 1 aromatic carbocycles. The van der Waals surface area contributed by atoms with Gasteiger partial charge in [-0.1, -0.05) is 25.1 Å². The Morgan fingerprint density at radius 3 is 2.83 bits per heavy atom. The van der Waals surface area contributed by atoms with Gasteiger partial charge in [0.05, 0.1) is 6.33 Å². The number of aliphatic imine (C=N–C) groups is 1. The minimum absolute atomic E-state index is 0.474. The summed E-state index contributed by atoms with van der Waals surface area (Å²) in [5.74, 6) is 0.858. The van der Waals surface area contributed by atoms with E-state index in [0.29, 0.717) is 5.25 Å². The predicted octanol–water partition coefficient (Wildman–Crippen LogP) is 2.62. The molecule has 1 unspecified atom stereocenters. The Bertz CT molecular complexity index is 568. The number of benzene rings is 1. The summed E-state index contributed by atoms with van der Waals surface area (Å²) in [6.45, 7) is 4.94. The van der Waals surface area contributed by atoms with Crippen molar-refractivity contribution in [2.45, 2.75) is 30.0 Å². The molecule has 0 amide bonds. The van der Waals surface area contributed by atoms with Crippen LogP contribution in [0.5, 0.6) is 0 Å². The van der Waals surface area contributed by atoms with E-state index in [9.17, 15) is 0 Å². The fourth-order valence-electron chi connectivity index (χ4n) is 2.12. The average molecular weight is 331 g/mol. The molecule has 2 rings (SSSR count). The molecule has 5 nitrogen and oxygen atoms in total. The van der Waals surface area contributed by atoms with Gasteiger partial charge in [-0.25, -0.2) is 4.98 Å². The van der Waals surface area contributed by atoms with Gasteiger partial charge in [-0.2, -0.15) is 0 Å². The van der Waals surface area contributed by atoms with Crippen LogP contribution in [0.25, 0.3) is 0 Å². The van der Waals surface area contributed by atoms with E-state index in [0.717, 1.165) is 32.0 Å². The summed E-state index contributed by atoms with van der Waals surface area (Å²) >= 11 is 1.87. The molecule has 0 fully saturated rings. The molecule has 1 atom stereocenters. The third-order valence-electron chi connectivity index (χ3n) is 3.31. The molecule has 2 N–H and O–H groups in total. The van der Waals surface area contributed by atoms with Gasteiger partial charge in [-0.3, -0.25) is 4.99 Å². The zero-order valence-corrected chi connectivity index (χ0v) is 14.6. The topological polar surface area (TPSA) is 54.2 Å². The summed E-state index contributed by atoms with van der Waals surface area (Å²) < 4.78 is 2.08. The maximum absolute atomic E-state index is 4.27. The molecule has 1 heterocycles. The number of nitrogens with zero attached hydrogens (tertiary/aromatic N) is 3. The largest absolute Gasteiger partial charge is 0.356 e. The van der Waals surface area contributed by atoms with Crippen LogP contribution in [0, 0.1) is 0 Å². The Labute approximate surface area is 142 Å². The highest BCUT2D eigenvalue weighted by molar-refractivity contribution is 8.00. The van der Waals surface area contributed by atoms with E-state index in [2.05, 4.69) is 56.4 Å². The molecule has 6 heteroatoms. The molecule has 1 aromatic heterocycles. The number of nitrogens with one attached hydrogen (secondary N) is 2. The van der Waals surface area contributed by atoms with Crippen LogP contribution in [0.3, 0.4) is 0 Å². The summed E-state index contributed by atoms with van der Waals surface area (Å²) in [6, 6.07) is 10.5. The van der Waals surface area contributed by atoms with Crippen LogP contribution in [0.15, 0.2) is 58.9 Å². The van der Waals surface area contributed by atoms with Gasteiger partial charge in [0.2, 0.25) is 0 Å². The van der Waals surface area contributed by atoms with Crippen molar-refractivity contribution in [2.24, 2.45) is 4.99 Å². The number of aromatic nitrogens is 2. The molecule has 0 aliphatic rings. The van der Waals surface area contributed by atoms with Crippen molar-refractivity contribution in [1.29, 1.82) is 0 Å². The Morgan fingerprint density at radius 1 is 1.30 bits per heavy atom. The average Bonchev–Trinajstić information content (AvgIpc) is 3.08. The number of hydrogen-bond acceptors (Lipinski definition) is 3. The molecule has 0 aliphatic heterocycles. The van der Waals surface area contributed by atoms with Crippen LogP contribution in [-0.4, -0.2) is 40.9 Å². The summed E-state index contributed by atoms with van der Waals surface area (Å²) in [4.78, 5) is 9.60. The Balaban J connectivity index is 1.62. The van der Waals surface area contributed by atoms with Crippen LogP contribution >= 0.6 is 11.8 Å². The van der Waals surface area contributed by atoms with E-state index in [1.54, 1.807) is 13.2 Å². The van der Waals surface area contributed by atoms with Gasteiger partial charge >= 0.3 is 0 Å². The monoisotopic (exact) mass is 331 g/mol. The van der Waals surface area contributed by atoms with Crippen molar-refractivity contribution < 1.29 is 0 Å². The summed E-state index contributed by atoms with van der Waals surface area (Å²) in [6.07, 6.45) is 6.66. The van der Waals surface area contributed by atoms with E-state index in [-0.39, 0.29) is 0 Å².